The fourth-order valence-corrected chi connectivity index (χ4v) is 2.69. The number of rotatable bonds is 2. The van der Waals surface area contributed by atoms with Gasteiger partial charge >= 0.3 is 0 Å². The molecule has 0 unspecified atom stereocenters. The Kier molecular flexibility index (Phi) is 2.56. The van der Waals surface area contributed by atoms with Crippen molar-refractivity contribution in [1.29, 1.82) is 0 Å². The predicted molar refractivity (Wildman–Crippen MR) is 69.3 cm³/mol. The molecule has 0 atom stereocenters. The summed E-state index contributed by atoms with van der Waals surface area (Å²) >= 11 is 0. The molecule has 7 heteroatoms. The SMILES string of the molecule is CS(=O)(=O)c1cnc2ncnn2c1-c1ccccc1. The van der Waals surface area contributed by atoms with E-state index >= 15 is 0 Å². The Hall–Kier alpha value is -2.28. The highest BCUT2D eigenvalue weighted by atomic mass is 32.2. The van der Waals surface area contributed by atoms with Crippen LogP contribution in [0, 0.1) is 0 Å². The highest BCUT2D eigenvalue weighted by molar-refractivity contribution is 7.90. The maximum Gasteiger partial charge on any atom is 0.252 e. The first-order valence-electron chi connectivity index (χ1n) is 5.51. The lowest BCUT2D eigenvalue weighted by Crippen LogP contribution is -2.07. The zero-order valence-electron chi connectivity index (χ0n) is 10.1. The first kappa shape index (κ1) is 11.8. The van der Waals surface area contributed by atoms with Crippen LogP contribution in [0.1, 0.15) is 0 Å². The van der Waals surface area contributed by atoms with Crippen molar-refractivity contribution < 1.29 is 8.42 Å². The summed E-state index contributed by atoms with van der Waals surface area (Å²) in [6.45, 7) is 0. The minimum atomic E-state index is -3.40. The fraction of sp³-hybridized carbons (Fsp3) is 0.0833. The van der Waals surface area contributed by atoms with Crippen LogP contribution in [-0.4, -0.2) is 34.3 Å². The standard InChI is InChI=1S/C12H10N4O2S/c1-19(17,18)10-7-13-12-14-8-15-16(12)11(10)9-5-3-2-4-6-9/h2-8H,1H3. The van der Waals surface area contributed by atoms with Crippen LogP contribution in [0.4, 0.5) is 0 Å². The summed E-state index contributed by atoms with van der Waals surface area (Å²) in [6, 6.07) is 9.19. The van der Waals surface area contributed by atoms with Crippen molar-refractivity contribution >= 4 is 15.6 Å². The molecule has 0 amide bonds. The Bertz CT molecular complexity index is 841. The highest BCUT2D eigenvalue weighted by Gasteiger charge is 2.19. The minimum Gasteiger partial charge on any atom is -0.224 e. The number of hydrogen-bond acceptors (Lipinski definition) is 5. The Labute approximate surface area is 109 Å². The van der Waals surface area contributed by atoms with Crippen LogP contribution in [0.3, 0.4) is 0 Å². The largest absolute Gasteiger partial charge is 0.252 e. The van der Waals surface area contributed by atoms with Crippen LogP contribution in [0.25, 0.3) is 17.0 Å². The van der Waals surface area contributed by atoms with E-state index < -0.39 is 9.84 Å². The van der Waals surface area contributed by atoms with E-state index in [2.05, 4.69) is 15.1 Å². The van der Waals surface area contributed by atoms with E-state index in [0.29, 0.717) is 11.5 Å². The second kappa shape index (κ2) is 4.13. The molecule has 0 aliphatic carbocycles. The Balaban J connectivity index is 2.46. The van der Waals surface area contributed by atoms with Gasteiger partial charge in [0.1, 0.15) is 11.2 Å². The summed E-state index contributed by atoms with van der Waals surface area (Å²) in [5.41, 5.74) is 1.23. The number of sulfone groups is 1. The molecule has 19 heavy (non-hydrogen) atoms. The van der Waals surface area contributed by atoms with Crippen molar-refractivity contribution in [3.05, 3.63) is 42.9 Å². The average molecular weight is 274 g/mol. The molecule has 2 aromatic heterocycles. The van der Waals surface area contributed by atoms with Gasteiger partial charge in [0, 0.05) is 11.8 Å². The molecule has 0 saturated heterocycles. The topological polar surface area (TPSA) is 77.2 Å². The molecule has 96 valence electrons. The van der Waals surface area contributed by atoms with Gasteiger partial charge in [-0.1, -0.05) is 30.3 Å². The highest BCUT2D eigenvalue weighted by Crippen LogP contribution is 2.26. The summed E-state index contributed by atoms with van der Waals surface area (Å²) in [4.78, 5) is 8.11. The van der Waals surface area contributed by atoms with Crippen molar-refractivity contribution in [3.8, 4) is 11.3 Å². The summed E-state index contributed by atoms with van der Waals surface area (Å²) < 4.78 is 25.2. The van der Waals surface area contributed by atoms with E-state index in [-0.39, 0.29) is 4.90 Å². The molecule has 0 saturated carbocycles. The molecule has 3 aromatic rings. The van der Waals surface area contributed by atoms with E-state index in [1.807, 2.05) is 30.3 Å². The monoisotopic (exact) mass is 274 g/mol. The van der Waals surface area contributed by atoms with Gasteiger partial charge in [0.15, 0.2) is 9.84 Å². The molecular weight excluding hydrogens is 264 g/mol. The lowest BCUT2D eigenvalue weighted by atomic mass is 10.1. The lowest BCUT2D eigenvalue weighted by Gasteiger charge is -2.09. The minimum absolute atomic E-state index is 0.136. The Morgan fingerprint density at radius 2 is 1.84 bits per heavy atom. The summed E-state index contributed by atoms with van der Waals surface area (Å²) in [7, 11) is -3.40. The van der Waals surface area contributed by atoms with Crippen molar-refractivity contribution in [1.82, 2.24) is 19.6 Å². The molecule has 6 nitrogen and oxygen atoms in total. The zero-order valence-corrected chi connectivity index (χ0v) is 10.9. The van der Waals surface area contributed by atoms with Crippen molar-refractivity contribution in [2.45, 2.75) is 4.90 Å². The average Bonchev–Trinajstić information content (AvgIpc) is 2.85. The van der Waals surface area contributed by atoms with E-state index in [9.17, 15) is 8.42 Å². The molecule has 2 heterocycles. The van der Waals surface area contributed by atoms with Gasteiger partial charge in [-0.25, -0.2) is 13.4 Å². The van der Waals surface area contributed by atoms with Crippen LogP contribution < -0.4 is 0 Å². The van der Waals surface area contributed by atoms with Gasteiger partial charge < -0.3 is 0 Å². The Morgan fingerprint density at radius 3 is 2.53 bits per heavy atom. The second-order valence-corrected chi connectivity index (χ2v) is 6.07. The molecule has 0 N–H and O–H groups in total. The van der Waals surface area contributed by atoms with E-state index in [1.54, 1.807) is 0 Å². The summed E-state index contributed by atoms with van der Waals surface area (Å²) in [6.07, 6.45) is 3.82. The molecule has 3 rings (SSSR count). The molecule has 0 aliphatic heterocycles. The number of benzene rings is 1. The van der Waals surface area contributed by atoms with E-state index in [1.165, 1.54) is 17.0 Å². The maximum absolute atomic E-state index is 11.9. The molecule has 0 spiro atoms. The molecule has 0 fully saturated rings. The lowest BCUT2D eigenvalue weighted by molar-refractivity contribution is 0.601. The fourth-order valence-electron chi connectivity index (χ4n) is 1.89. The van der Waals surface area contributed by atoms with Crippen LogP contribution >= 0.6 is 0 Å². The summed E-state index contributed by atoms with van der Waals surface area (Å²) in [5.74, 6) is 0.367. The molecule has 1 aromatic carbocycles. The van der Waals surface area contributed by atoms with Crippen LogP contribution in [0.5, 0.6) is 0 Å². The van der Waals surface area contributed by atoms with E-state index in [4.69, 9.17) is 0 Å². The van der Waals surface area contributed by atoms with Gasteiger partial charge in [-0.2, -0.15) is 14.6 Å². The third kappa shape index (κ3) is 1.97. The maximum atomic E-state index is 11.9. The number of hydrogen-bond donors (Lipinski definition) is 0. The number of nitrogens with zero attached hydrogens (tertiary/aromatic N) is 4. The van der Waals surface area contributed by atoms with E-state index in [0.717, 1.165) is 11.8 Å². The normalized spacial score (nSPS) is 11.8. The smallest absolute Gasteiger partial charge is 0.224 e. The number of aromatic nitrogens is 4. The third-order valence-electron chi connectivity index (χ3n) is 2.72. The molecular formula is C12H10N4O2S. The van der Waals surface area contributed by atoms with Gasteiger partial charge in [-0.15, -0.1) is 0 Å². The van der Waals surface area contributed by atoms with Crippen LogP contribution in [0.2, 0.25) is 0 Å². The van der Waals surface area contributed by atoms with Crippen molar-refractivity contribution in [2.75, 3.05) is 6.26 Å². The predicted octanol–water partition coefficient (Wildman–Crippen LogP) is 1.19. The number of fused-ring (bicyclic) bond motifs is 1. The molecule has 0 bridgehead atoms. The molecule has 0 radical (unpaired) electrons. The van der Waals surface area contributed by atoms with Crippen molar-refractivity contribution in [3.63, 3.8) is 0 Å². The quantitative estimate of drug-likeness (QED) is 0.701. The van der Waals surface area contributed by atoms with Crippen LogP contribution in [0.15, 0.2) is 47.8 Å². The van der Waals surface area contributed by atoms with Gasteiger partial charge in [0.05, 0.1) is 11.9 Å². The van der Waals surface area contributed by atoms with Gasteiger partial charge in [0.25, 0.3) is 5.78 Å². The third-order valence-corrected chi connectivity index (χ3v) is 3.82. The molecule has 0 aliphatic rings. The first-order chi connectivity index (χ1) is 9.07. The second-order valence-electron chi connectivity index (χ2n) is 4.08. The first-order valence-corrected chi connectivity index (χ1v) is 7.41. The van der Waals surface area contributed by atoms with Gasteiger partial charge in [0.2, 0.25) is 0 Å². The summed E-state index contributed by atoms with van der Waals surface area (Å²) in [5, 5.41) is 4.05. The van der Waals surface area contributed by atoms with Crippen LogP contribution in [-0.2, 0) is 9.84 Å². The Morgan fingerprint density at radius 1 is 1.11 bits per heavy atom. The van der Waals surface area contributed by atoms with Gasteiger partial charge in [-0.05, 0) is 0 Å². The van der Waals surface area contributed by atoms with Crippen molar-refractivity contribution in [2.24, 2.45) is 0 Å². The van der Waals surface area contributed by atoms with Gasteiger partial charge in [-0.3, -0.25) is 0 Å². The zero-order chi connectivity index (χ0) is 13.5.